The molecule has 2 bridgehead atoms. The molecule has 0 saturated carbocycles. The zero-order chi connectivity index (χ0) is 14.9. The van der Waals surface area contributed by atoms with Crippen LogP contribution in [0.3, 0.4) is 0 Å². The molecule has 1 aromatic carbocycles. The third-order valence-electron chi connectivity index (χ3n) is 4.10. The first-order valence-electron chi connectivity index (χ1n) is 7.21. The van der Waals surface area contributed by atoms with Crippen LogP contribution in [0.5, 0.6) is 5.75 Å². The zero-order valence-corrected chi connectivity index (χ0v) is 11.5. The first-order valence-corrected chi connectivity index (χ1v) is 7.21. The van der Waals surface area contributed by atoms with Crippen LogP contribution in [0.1, 0.15) is 31.2 Å². The number of piperidine rings is 1. The third-order valence-corrected chi connectivity index (χ3v) is 4.10. The van der Waals surface area contributed by atoms with Gasteiger partial charge in [0.15, 0.2) is 0 Å². The van der Waals surface area contributed by atoms with E-state index in [9.17, 15) is 13.2 Å². The summed E-state index contributed by atoms with van der Waals surface area (Å²) < 4.78 is 46.9. The highest BCUT2D eigenvalue weighted by Gasteiger charge is 2.34. The number of fused-ring (bicyclic) bond motifs is 2. The predicted molar refractivity (Wildman–Crippen MR) is 70.9 cm³/mol. The van der Waals surface area contributed by atoms with Gasteiger partial charge in [0, 0.05) is 17.6 Å². The normalized spacial score (nSPS) is 28.6. The molecule has 21 heavy (non-hydrogen) atoms. The zero-order valence-electron chi connectivity index (χ0n) is 11.5. The second kappa shape index (κ2) is 5.85. The van der Waals surface area contributed by atoms with Gasteiger partial charge in [-0.15, -0.1) is 13.2 Å². The molecule has 2 fully saturated rings. The molecule has 116 valence electrons. The fourth-order valence-corrected chi connectivity index (χ4v) is 3.20. The Hall–Kier alpha value is -1.27. The Balaban J connectivity index is 1.60. The topological polar surface area (TPSA) is 30.5 Å². The number of rotatable bonds is 4. The van der Waals surface area contributed by atoms with Crippen LogP contribution in [0.4, 0.5) is 13.2 Å². The fourth-order valence-electron chi connectivity index (χ4n) is 3.20. The maximum atomic E-state index is 12.4. The maximum absolute atomic E-state index is 12.4. The van der Waals surface area contributed by atoms with Gasteiger partial charge in [-0.05, 0) is 31.7 Å². The molecular formula is C15H18F3NO2. The molecule has 0 radical (unpaired) electrons. The molecule has 0 aromatic heterocycles. The summed E-state index contributed by atoms with van der Waals surface area (Å²) in [5.41, 5.74) is 0.431. The van der Waals surface area contributed by atoms with Crippen LogP contribution in [-0.2, 0) is 11.3 Å². The van der Waals surface area contributed by atoms with Crippen molar-refractivity contribution in [1.29, 1.82) is 0 Å². The number of nitrogens with one attached hydrogen (secondary N) is 1. The first kappa shape index (κ1) is 14.7. The number of para-hydroxylation sites is 1. The van der Waals surface area contributed by atoms with Gasteiger partial charge >= 0.3 is 6.36 Å². The van der Waals surface area contributed by atoms with Crippen molar-refractivity contribution in [3.8, 4) is 5.75 Å². The SMILES string of the molecule is FC(F)(F)Oc1ccccc1COC1C[C@H]2CC[C@@H](C1)N2. The number of ether oxygens (including phenoxy) is 2. The molecule has 0 amide bonds. The van der Waals surface area contributed by atoms with E-state index >= 15 is 0 Å². The van der Waals surface area contributed by atoms with Crippen molar-refractivity contribution in [2.45, 2.75) is 56.8 Å². The second-order valence-electron chi connectivity index (χ2n) is 5.70. The van der Waals surface area contributed by atoms with E-state index in [0.29, 0.717) is 17.6 Å². The average Bonchev–Trinajstić information content (AvgIpc) is 2.75. The van der Waals surface area contributed by atoms with E-state index in [1.807, 2.05) is 0 Å². The van der Waals surface area contributed by atoms with Gasteiger partial charge in [0.2, 0.25) is 0 Å². The van der Waals surface area contributed by atoms with Gasteiger partial charge < -0.3 is 14.8 Å². The minimum Gasteiger partial charge on any atom is -0.405 e. The van der Waals surface area contributed by atoms with Crippen LogP contribution in [0, 0.1) is 0 Å². The van der Waals surface area contributed by atoms with Gasteiger partial charge in [0.1, 0.15) is 5.75 Å². The number of halogens is 3. The van der Waals surface area contributed by atoms with Gasteiger partial charge in [-0.25, -0.2) is 0 Å². The molecule has 2 saturated heterocycles. The largest absolute Gasteiger partial charge is 0.573 e. The number of hydrogen-bond acceptors (Lipinski definition) is 3. The molecular weight excluding hydrogens is 283 g/mol. The highest BCUT2D eigenvalue weighted by atomic mass is 19.4. The molecule has 2 heterocycles. The molecule has 2 aliphatic heterocycles. The molecule has 3 rings (SSSR count). The molecule has 2 aliphatic rings. The lowest BCUT2D eigenvalue weighted by Gasteiger charge is -2.29. The van der Waals surface area contributed by atoms with Crippen molar-refractivity contribution in [3.05, 3.63) is 29.8 Å². The van der Waals surface area contributed by atoms with Crippen LogP contribution in [-0.4, -0.2) is 24.6 Å². The summed E-state index contributed by atoms with van der Waals surface area (Å²) in [6, 6.07) is 7.13. The quantitative estimate of drug-likeness (QED) is 0.925. The van der Waals surface area contributed by atoms with Gasteiger partial charge in [0.05, 0.1) is 12.7 Å². The van der Waals surface area contributed by atoms with E-state index in [2.05, 4.69) is 10.1 Å². The van der Waals surface area contributed by atoms with Crippen LogP contribution >= 0.6 is 0 Å². The maximum Gasteiger partial charge on any atom is 0.573 e. The lowest BCUT2D eigenvalue weighted by Crippen LogP contribution is -2.41. The molecule has 0 aliphatic carbocycles. The summed E-state index contributed by atoms with van der Waals surface area (Å²) in [4.78, 5) is 0. The van der Waals surface area contributed by atoms with Crippen molar-refractivity contribution < 1.29 is 22.6 Å². The lowest BCUT2D eigenvalue weighted by molar-refractivity contribution is -0.275. The van der Waals surface area contributed by atoms with Crippen LogP contribution < -0.4 is 10.1 Å². The van der Waals surface area contributed by atoms with E-state index in [1.165, 1.54) is 12.1 Å². The van der Waals surface area contributed by atoms with Crippen LogP contribution in [0.25, 0.3) is 0 Å². The standard InChI is InChI=1S/C15H18F3NO2/c16-15(17,18)21-14-4-2-1-3-10(14)9-20-13-7-11-5-6-12(8-13)19-11/h1-4,11-13,19H,5-9H2/t11-,12+,13?. The van der Waals surface area contributed by atoms with E-state index in [4.69, 9.17) is 4.74 Å². The van der Waals surface area contributed by atoms with Crippen molar-refractivity contribution in [2.75, 3.05) is 0 Å². The van der Waals surface area contributed by atoms with Crippen LogP contribution in [0.2, 0.25) is 0 Å². The van der Waals surface area contributed by atoms with Gasteiger partial charge in [-0.3, -0.25) is 0 Å². The monoisotopic (exact) mass is 301 g/mol. The summed E-state index contributed by atoms with van der Waals surface area (Å²) in [6.07, 6.45) is -0.374. The fraction of sp³-hybridized carbons (Fsp3) is 0.600. The summed E-state index contributed by atoms with van der Waals surface area (Å²) in [6.45, 7) is 0.149. The predicted octanol–water partition coefficient (Wildman–Crippen LogP) is 3.38. The molecule has 3 nitrogen and oxygen atoms in total. The van der Waals surface area contributed by atoms with Crippen molar-refractivity contribution in [2.24, 2.45) is 0 Å². The first-order chi connectivity index (χ1) is 9.99. The Kier molecular flexibility index (Phi) is 4.08. The molecule has 1 unspecified atom stereocenters. The number of alkyl halides is 3. The number of benzene rings is 1. The Bertz CT molecular complexity index is 480. The molecule has 1 N–H and O–H groups in total. The smallest absolute Gasteiger partial charge is 0.405 e. The summed E-state index contributed by atoms with van der Waals surface area (Å²) >= 11 is 0. The summed E-state index contributed by atoms with van der Waals surface area (Å²) in [7, 11) is 0. The van der Waals surface area contributed by atoms with Gasteiger partial charge in [-0.1, -0.05) is 18.2 Å². The average molecular weight is 301 g/mol. The Morgan fingerprint density at radius 2 is 1.76 bits per heavy atom. The highest BCUT2D eigenvalue weighted by molar-refractivity contribution is 5.32. The van der Waals surface area contributed by atoms with Crippen molar-refractivity contribution in [1.82, 2.24) is 5.32 Å². The molecule has 3 atom stereocenters. The van der Waals surface area contributed by atoms with E-state index in [0.717, 1.165) is 25.7 Å². The number of hydrogen-bond donors (Lipinski definition) is 1. The van der Waals surface area contributed by atoms with Crippen molar-refractivity contribution in [3.63, 3.8) is 0 Å². The van der Waals surface area contributed by atoms with E-state index in [1.54, 1.807) is 12.1 Å². The third kappa shape index (κ3) is 3.89. The summed E-state index contributed by atoms with van der Waals surface area (Å²) in [5.74, 6) is -0.179. The van der Waals surface area contributed by atoms with Crippen molar-refractivity contribution >= 4 is 0 Å². The second-order valence-corrected chi connectivity index (χ2v) is 5.70. The Morgan fingerprint density at radius 3 is 2.43 bits per heavy atom. The van der Waals surface area contributed by atoms with Crippen LogP contribution in [0.15, 0.2) is 24.3 Å². The van der Waals surface area contributed by atoms with E-state index in [-0.39, 0.29) is 18.5 Å². The minimum atomic E-state index is -4.68. The molecule has 1 aromatic rings. The van der Waals surface area contributed by atoms with E-state index < -0.39 is 6.36 Å². The molecule has 6 heteroatoms. The van der Waals surface area contributed by atoms with Gasteiger partial charge in [0.25, 0.3) is 0 Å². The van der Waals surface area contributed by atoms with Gasteiger partial charge in [-0.2, -0.15) is 0 Å². The lowest BCUT2D eigenvalue weighted by atomic mass is 10.0. The Morgan fingerprint density at radius 1 is 1.10 bits per heavy atom. The molecule has 0 spiro atoms. The Labute approximate surface area is 121 Å². The summed E-state index contributed by atoms with van der Waals surface area (Å²) in [5, 5.41) is 3.51. The minimum absolute atomic E-state index is 0.114. The highest BCUT2D eigenvalue weighted by Crippen LogP contribution is 2.31.